The van der Waals surface area contributed by atoms with Crippen LogP contribution in [0.2, 0.25) is 0 Å². The summed E-state index contributed by atoms with van der Waals surface area (Å²) >= 11 is 5.69. The van der Waals surface area contributed by atoms with Gasteiger partial charge in [0.1, 0.15) is 0 Å². The fourth-order valence-corrected chi connectivity index (χ4v) is 5.44. The van der Waals surface area contributed by atoms with Crippen molar-refractivity contribution in [3.05, 3.63) is 20.3 Å². The molecule has 0 bridgehead atoms. The Morgan fingerprint density at radius 1 is 1.29 bits per heavy atom. The minimum absolute atomic E-state index is 0.612. The summed E-state index contributed by atoms with van der Waals surface area (Å²) in [7, 11) is 0. The van der Waals surface area contributed by atoms with E-state index in [1.165, 1.54) is 60.8 Å². The smallest absolute Gasteiger partial charge is 0.0317 e. The molecule has 1 aliphatic rings. The normalized spacial score (nSPS) is 17.8. The first kappa shape index (κ1) is 17.5. The standard InChI is InChI=1S/C18H30BrNS/c1-14(2)13-20-11-10-18(7-4-5-8-18)9-6-17-16(19)12-15(3)21-17/h12,14,20H,4-11,13H2,1-3H3. The van der Waals surface area contributed by atoms with Gasteiger partial charge in [-0.25, -0.2) is 0 Å². The molecule has 1 saturated carbocycles. The zero-order valence-electron chi connectivity index (χ0n) is 13.8. The number of nitrogens with one attached hydrogen (secondary N) is 1. The SMILES string of the molecule is Cc1cc(Br)c(CCC2(CCNCC(C)C)CCCC2)s1. The molecular weight excluding hydrogens is 342 g/mol. The van der Waals surface area contributed by atoms with Gasteiger partial charge in [0.05, 0.1) is 0 Å². The van der Waals surface area contributed by atoms with Gasteiger partial charge in [-0.2, -0.15) is 0 Å². The van der Waals surface area contributed by atoms with Gasteiger partial charge in [-0.3, -0.25) is 0 Å². The maximum atomic E-state index is 3.72. The summed E-state index contributed by atoms with van der Waals surface area (Å²) < 4.78 is 1.33. The molecule has 0 atom stereocenters. The minimum Gasteiger partial charge on any atom is -0.316 e. The van der Waals surface area contributed by atoms with E-state index in [9.17, 15) is 0 Å². The number of thiophene rings is 1. The third-order valence-electron chi connectivity index (χ3n) is 4.81. The fourth-order valence-electron chi connectivity index (χ4n) is 3.57. The highest BCUT2D eigenvalue weighted by molar-refractivity contribution is 9.10. The van der Waals surface area contributed by atoms with Crippen molar-refractivity contribution in [1.29, 1.82) is 0 Å². The summed E-state index contributed by atoms with van der Waals surface area (Å²) in [5, 5.41) is 3.64. The second-order valence-electron chi connectivity index (χ2n) is 7.18. The zero-order valence-corrected chi connectivity index (χ0v) is 16.2. The van der Waals surface area contributed by atoms with Crippen LogP contribution in [0.25, 0.3) is 0 Å². The molecular formula is C18H30BrNS. The molecule has 0 aromatic carbocycles. The molecule has 2 rings (SSSR count). The molecule has 0 spiro atoms. The molecule has 1 N–H and O–H groups in total. The van der Waals surface area contributed by atoms with Crippen LogP contribution in [-0.4, -0.2) is 13.1 Å². The van der Waals surface area contributed by atoms with Crippen molar-refractivity contribution in [3.63, 3.8) is 0 Å². The Labute approximate surface area is 143 Å². The second kappa shape index (κ2) is 8.12. The Kier molecular flexibility index (Phi) is 6.77. The van der Waals surface area contributed by atoms with Crippen molar-refractivity contribution in [2.75, 3.05) is 13.1 Å². The lowest BCUT2D eigenvalue weighted by Crippen LogP contribution is -2.27. The van der Waals surface area contributed by atoms with E-state index >= 15 is 0 Å². The predicted molar refractivity (Wildman–Crippen MR) is 98.3 cm³/mol. The van der Waals surface area contributed by atoms with Gasteiger partial charge >= 0.3 is 0 Å². The summed E-state index contributed by atoms with van der Waals surface area (Å²) in [4.78, 5) is 2.98. The quantitative estimate of drug-likeness (QED) is 0.556. The average Bonchev–Trinajstić information content (AvgIpc) is 3.00. The van der Waals surface area contributed by atoms with Crippen LogP contribution in [0.4, 0.5) is 0 Å². The first-order valence-electron chi connectivity index (χ1n) is 8.46. The number of aryl methyl sites for hydroxylation is 2. The van der Waals surface area contributed by atoms with E-state index in [0.29, 0.717) is 5.41 Å². The first-order chi connectivity index (χ1) is 10.0. The van der Waals surface area contributed by atoms with E-state index in [2.05, 4.69) is 48.1 Å². The number of rotatable bonds is 8. The van der Waals surface area contributed by atoms with E-state index in [-0.39, 0.29) is 0 Å². The van der Waals surface area contributed by atoms with E-state index in [1.54, 1.807) is 4.88 Å². The van der Waals surface area contributed by atoms with Crippen LogP contribution < -0.4 is 5.32 Å². The molecule has 0 amide bonds. The Balaban J connectivity index is 1.84. The summed E-state index contributed by atoms with van der Waals surface area (Å²) in [6.45, 7) is 9.14. The van der Waals surface area contributed by atoms with E-state index < -0.39 is 0 Å². The molecule has 1 aromatic heterocycles. The van der Waals surface area contributed by atoms with Crippen LogP contribution >= 0.6 is 27.3 Å². The molecule has 0 aliphatic heterocycles. The Morgan fingerprint density at radius 3 is 2.57 bits per heavy atom. The van der Waals surface area contributed by atoms with Gasteiger partial charge in [0, 0.05) is 14.2 Å². The lowest BCUT2D eigenvalue weighted by molar-refractivity contribution is 0.244. The Bertz CT molecular complexity index is 432. The van der Waals surface area contributed by atoms with Crippen LogP contribution in [0.5, 0.6) is 0 Å². The molecule has 1 aromatic rings. The van der Waals surface area contributed by atoms with Crippen molar-refractivity contribution < 1.29 is 0 Å². The molecule has 1 nitrogen and oxygen atoms in total. The van der Waals surface area contributed by atoms with Gasteiger partial charge in [-0.05, 0) is 85.4 Å². The van der Waals surface area contributed by atoms with Crippen LogP contribution in [-0.2, 0) is 6.42 Å². The lowest BCUT2D eigenvalue weighted by atomic mass is 9.78. The molecule has 0 unspecified atom stereocenters. The highest BCUT2D eigenvalue weighted by atomic mass is 79.9. The number of halogens is 1. The van der Waals surface area contributed by atoms with Crippen molar-refractivity contribution in [3.8, 4) is 0 Å². The third kappa shape index (κ3) is 5.37. The van der Waals surface area contributed by atoms with Crippen LogP contribution in [0, 0.1) is 18.3 Å². The third-order valence-corrected chi connectivity index (χ3v) is 6.89. The van der Waals surface area contributed by atoms with E-state index in [0.717, 1.165) is 12.5 Å². The number of hydrogen-bond donors (Lipinski definition) is 1. The number of hydrogen-bond acceptors (Lipinski definition) is 2. The molecule has 1 aliphatic carbocycles. The average molecular weight is 372 g/mol. The minimum atomic E-state index is 0.612. The monoisotopic (exact) mass is 371 g/mol. The Hall–Kier alpha value is 0.140. The van der Waals surface area contributed by atoms with Crippen LogP contribution in [0.15, 0.2) is 10.5 Å². The maximum absolute atomic E-state index is 3.72. The van der Waals surface area contributed by atoms with E-state index in [1.807, 2.05) is 11.3 Å². The fraction of sp³-hybridized carbons (Fsp3) is 0.778. The largest absolute Gasteiger partial charge is 0.316 e. The molecule has 21 heavy (non-hydrogen) atoms. The summed E-state index contributed by atoms with van der Waals surface area (Å²) in [6.07, 6.45) is 9.75. The predicted octanol–water partition coefficient (Wildman–Crippen LogP) is 5.95. The van der Waals surface area contributed by atoms with Crippen LogP contribution in [0.1, 0.15) is 62.1 Å². The van der Waals surface area contributed by atoms with Crippen molar-refractivity contribution in [2.45, 2.75) is 65.7 Å². The molecule has 3 heteroatoms. The van der Waals surface area contributed by atoms with Crippen molar-refractivity contribution in [2.24, 2.45) is 11.3 Å². The highest BCUT2D eigenvalue weighted by Gasteiger charge is 2.33. The zero-order chi connectivity index (χ0) is 15.3. The van der Waals surface area contributed by atoms with Gasteiger partial charge in [0.15, 0.2) is 0 Å². The maximum Gasteiger partial charge on any atom is 0.0317 e. The van der Waals surface area contributed by atoms with Gasteiger partial charge in [0.25, 0.3) is 0 Å². The summed E-state index contributed by atoms with van der Waals surface area (Å²) in [5.74, 6) is 0.759. The van der Waals surface area contributed by atoms with Crippen molar-refractivity contribution >= 4 is 27.3 Å². The molecule has 0 saturated heterocycles. The van der Waals surface area contributed by atoms with E-state index in [4.69, 9.17) is 0 Å². The lowest BCUT2D eigenvalue weighted by Gasteiger charge is -2.29. The van der Waals surface area contributed by atoms with Gasteiger partial charge in [0.2, 0.25) is 0 Å². The molecule has 0 radical (unpaired) electrons. The molecule has 1 fully saturated rings. The topological polar surface area (TPSA) is 12.0 Å². The second-order valence-corrected chi connectivity index (χ2v) is 9.38. The molecule has 1 heterocycles. The summed E-state index contributed by atoms with van der Waals surface area (Å²) in [6, 6.07) is 2.27. The van der Waals surface area contributed by atoms with Crippen LogP contribution in [0.3, 0.4) is 0 Å². The molecule has 120 valence electrons. The highest BCUT2D eigenvalue weighted by Crippen LogP contribution is 2.45. The van der Waals surface area contributed by atoms with Gasteiger partial charge in [-0.15, -0.1) is 11.3 Å². The summed E-state index contributed by atoms with van der Waals surface area (Å²) in [5.41, 5.74) is 0.612. The Morgan fingerprint density at radius 2 is 2.00 bits per heavy atom. The van der Waals surface area contributed by atoms with Gasteiger partial charge in [-0.1, -0.05) is 26.7 Å². The van der Waals surface area contributed by atoms with Crippen molar-refractivity contribution in [1.82, 2.24) is 5.32 Å². The van der Waals surface area contributed by atoms with Gasteiger partial charge < -0.3 is 5.32 Å². The first-order valence-corrected chi connectivity index (χ1v) is 10.1.